The van der Waals surface area contributed by atoms with Gasteiger partial charge in [0.05, 0.1) is 31.0 Å². The minimum absolute atomic E-state index is 0.122. The van der Waals surface area contributed by atoms with Crippen LogP contribution < -0.4 is 26.2 Å². The zero-order valence-corrected chi connectivity index (χ0v) is 13.8. The summed E-state index contributed by atoms with van der Waals surface area (Å²) in [5.74, 6) is -0.687. The fourth-order valence-corrected chi connectivity index (χ4v) is 2.96. The summed E-state index contributed by atoms with van der Waals surface area (Å²) in [5, 5.41) is 5.80. The molecule has 2 fully saturated rings. The number of piperazine rings is 1. The molecule has 3 rings (SSSR count). The monoisotopic (exact) mass is 351 g/mol. The average Bonchev–Trinajstić information content (AvgIpc) is 3.01. The molecule has 25 heavy (non-hydrogen) atoms. The Balaban J connectivity index is 1.66. The molecule has 8 nitrogen and oxygen atoms in total. The number of anilines is 2. The first kappa shape index (κ1) is 17.4. The van der Waals surface area contributed by atoms with Gasteiger partial charge in [0.15, 0.2) is 0 Å². The molecule has 0 unspecified atom stereocenters. The van der Waals surface area contributed by atoms with Crippen molar-refractivity contribution in [3.8, 4) is 0 Å². The van der Waals surface area contributed by atoms with Crippen LogP contribution in [-0.4, -0.2) is 63.9 Å². The molecule has 136 valence electrons. The van der Waals surface area contributed by atoms with Crippen LogP contribution in [0.2, 0.25) is 0 Å². The fraction of sp³-hybridized carbons (Fsp3) is 0.500. The number of amides is 2. The predicted molar refractivity (Wildman–Crippen MR) is 91.2 cm³/mol. The lowest BCUT2D eigenvalue weighted by Crippen LogP contribution is -2.43. The maximum atomic E-state index is 14.5. The first-order valence-corrected chi connectivity index (χ1v) is 8.28. The molecular weight excluding hydrogens is 329 g/mol. The molecule has 0 aromatic heterocycles. The number of carbonyl (C=O) groups is 2. The number of benzene rings is 1. The molecule has 0 spiro atoms. The number of hydrogen-bond donors (Lipinski definition) is 3. The lowest BCUT2D eigenvalue weighted by Gasteiger charge is -2.30. The van der Waals surface area contributed by atoms with Gasteiger partial charge in [-0.05, 0) is 18.2 Å². The Hall–Kier alpha value is -2.39. The first-order valence-electron chi connectivity index (χ1n) is 8.28. The third-order valence-electron chi connectivity index (χ3n) is 4.29. The largest absolute Gasteiger partial charge is 0.442 e. The van der Waals surface area contributed by atoms with Gasteiger partial charge in [-0.3, -0.25) is 9.69 Å². The quantitative estimate of drug-likeness (QED) is 0.670. The third-order valence-corrected chi connectivity index (χ3v) is 4.29. The van der Waals surface area contributed by atoms with Crippen LogP contribution in [0, 0.1) is 5.82 Å². The standard InChI is InChI=1S/C16H22FN5O3/c17-13-7-11(1-2-14(13)21-5-3-19-4-6-21)22-10-12(25-16(22)24)9-20-15(23)8-18/h1-2,7,12,19H,3-6,8-10,18H2,(H,20,23)/t12-/m0/s1. The molecule has 1 atom stereocenters. The molecule has 2 aliphatic heterocycles. The van der Waals surface area contributed by atoms with E-state index in [0.717, 1.165) is 26.2 Å². The van der Waals surface area contributed by atoms with Crippen LogP contribution in [-0.2, 0) is 9.53 Å². The van der Waals surface area contributed by atoms with Gasteiger partial charge < -0.3 is 26.0 Å². The molecular formula is C16H22FN5O3. The molecule has 0 radical (unpaired) electrons. The van der Waals surface area contributed by atoms with E-state index in [4.69, 9.17) is 10.5 Å². The van der Waals surface area contributed by atoms with E-state index in [1.54, 1.807) is 12.1 Å². The minimum Gasteiger partial charge on any atom is -0.442 e. The van der Waals surface area contributed by atoms with Gasteiger partial charge in [-0.1, -0.05) is 0 Å². The molecule has 1 aromatic rings. The highest BCUT2D eigenvalue weighted by Gasteiger charge is 2.33. The lowest BCUT2D eigenvalue weighted by molar-refractivity contribution is -0.120. The molecule has 4 N–H and O–H groups in total. The van der Waals surface area contributed by atoms with Gasteiger partial charge in [0, 0.05) is 26.2 Å². The lowest BCUT2D eigenvalue weighted by atomic mass is 10.2. The number of nitrogens with one attached hydrogen (secondary N) is 2. The second-order valence-corrected chi connectivity index (χ2v) is 6.00. The van der Waals surface area contributed by atoms with E-state index in [1.807, 2.05) is 4.90 Å². The van der Waals surface area contributed by atoms with Crippen molar-refractivity contribution >= 4 is 23.4 Å². The van der Waals surface area contributed by atoms with Crippen molar-refractivity contribution in [2.45, 2.75) is 6.10 Å². The van der Waals surface area contributed by atoms with Crippen LogP contribution >= 0.6 is 0 Å². The highest BCUT2D eigenvalue weighted by molar-refractivity contribution is 5.90. The normalized spacial score (nSPS) is 20.6. The van der Waals surface area contributed by atoms with Gasteiger partial charge in [0.25, 0.3) is 0 Å². The van der Waals surface area contributed by atoms with Crippen molar-refractivity contribution in [2.75, 3.05) is 55.6 Å². The second-order valence-electron chi connectivity index (χ2n) is 6.00. The van der Waals surface area contributed by atoms with Gasteiger partial charge in [-0.2, -0.15) is 0 Å². The van der Waals surface area contributed by atoms with E-state index >= 15 is 0 Å². The Morgan fingerprint density at radius 1 is 1.40 bits per heavy atom. The molecule has 0 saturated carbocycles. The highest BCUT2D eigenvalue weighted by atomic mass is 19.1. The second kappa shape index (κ2) is 7.66. The summed E-state index contributed by atoms with van der Waals surface area (Å²) < 4.78 is 19.7. The maximum Gasteiger partial charge on any atom is 0.414 e. The molecule has 0 bridgehead atoms. The SMILES string of the molecule is NCC(=O)NC[C@H]1CN(c2ccc(N3CCNCC3)c(F)c2)C(=O)O1. The number of cyclic esters (lactones) is 1. The van der Waals surface area contributed by atoms with Crippen LogP contribution in [0.4, 0.5) is 20.6 Å². The topological polar surface area (TPSA) is 99.9 Å². The Morgan fingerprint density at radius 2 is 2.16 bits per heavy atom. The Morgan fingerprint density at radius 3 is 2.84 bits per heavy atom. The van der Waals surface area contributed by atoms with E-state index < -0.39 is 12.2 Å². The Labute approximate surface area is 145 Å². The van der Waals surface area contributed by atoms with E-state index in [0.29, 0.717) is 11.4 Å². The summed E-state index contributed by atoms with van der Waals surface area (Å²) >= 11 is 0. The smallest absolute Gasteiger partial charge is 0.414 e. The number of nitrogens with two attached hydrogens (primary N) is 1. The zero-order chi connectivity index (χ0) is 17.8. The van der Waals surface area contributed by atoms with Crippen LogP contribution in [0.3, 0.4) is 0 Å². The van der Waals surface area contributed by atoms with E-state index in [2.05, 4.69) is 10.6 Å². The Kier molecular flexibility index (Phi) is 5.34. The predicted octanol–water partition coefficient (Wildman–Crippen LogP) is -0.365. The minimum atomic E-state index is -0.554. The van der Waals surface area contributed by atoms with Crippen molar-refractivity contribution in [1.29, 1.82) is 0 Å². The van der Waals surface area contributed by atoms with Gasteiger partial charge in [0.1, 0.15) is 11.9 Å². The van der Waals surface area contributed by atoms with Gasteiger partial charge in [-0.15, -0.1) is 0 Å². The molecule has 9 heteroatoms. The third kappa shape index (κ3) is 3.99. The molecule has 2 aliphatic rings. The molecule has 2 saturated heterocycles. The van der Waals surface area contributed by atoms with Crippen LogP contribution in [0.5, 0.6) is 0 Å². The molecule has 2 amide bonds. The summed E-state index contributed by atoms with van der Waals surface area (Å²) in [6.45, 7) is 3.42. The van der Waals surface area contributed by atoms with E-state index in [1.165, 1.54) is 11.0 Å². The maximum absolute atomic E-state index is 14.5. The molecule has 0 aliphatic carbocycles. The summed E-state index contributed by atoms with van der Waals surface area (Å²) in [4.78, 5) is 26.5. The van der Waals surface area contributed by atoms with Crippen molar-refractivity contribution in [2.24, 2.45) is 5.73 Å². The molecule has 2 heterocycles. The van der Waals surface area contributed by atoms with Crippen LogP contribution in [0.15, 0.2) is 18.2 Å². The number of hydrogen-bond acceptors (Lipinski definition) is 6. The van der Waals surface area contributed by atoms with Crippen molar-refractivity contribution < 1.29 is 18.7 Å². The fourth-order valence-electron chi connectivity index (χ4n) is 2.96. The zero-order valence-electron chi connectivity index (χ0n) is 13.8. The molecule has 1 aromatic carbocycles. The van der Waals surface area contributed by atoms with E-state index in [9.17, 15) is 14.0 Å². The number of halogens is 1. The highest BCUT2D eigenvalue weighted by Crippen LogP contribution is 2.28. The Bertz CT molecular complexity index is 651. The van der Waals surface area contributed by atoms with Gasteiger partial charge in [0.2, 0.25) is 5.91 Å². The van der Waals surface area contributed by atoms with Gasteiger partial charge >= 0.3 is 6.09 Å². The van der Waals surface area contributed by atoms with E-state index in [-0.39, 0.29) is 31.4 Å². The van der Waals surface area contributed by atoms with Crippen LogP contribution in [0.25, 0.3) is 0 Å². The van der Waals surface area contributed by atoms with Crippen LogP contribution in [0.1, 0.15) is 0 Å². The number of nitrogens with zero attached hydrogens (tertiary/aromatic N) is 2. The van der Waals surface area contributed by atoms with Crippen molar-refractivity contribution in [3.63, 3.8) is 0 Å². The number of carbonyl (C=O) groups excluding carboxylic acids is 2. The van der Waals surface area contributed by atoms with Gasteiger partial charge in [-0.25, -0.2) is 9.18 Å². The number of ether oxygens (including phenoxy) is 1. The average molecular weight is 351 g/mol. The van der Waals surface area contributed by atoms with Crippen molar-refractivity contribution in [3.05, 3.63) is 24.0 Å². The first-order chi connectivity index (χ1) is 12.1. The summed E-state index contributed by atoms with van der Waals surface area (Å²) in [6.07, 6.45) is -1.04. The summed E-state index contributed by atoms with van der Waals surface area (Å²) in [5.41, 5.74) is 6.19. The number of rotatable bonds is 5. The summed E-state index contributed by atoms with van der Waals surface area (Å²) in [6, 6.07) is 4.74. The summed E-state index contributed by atoms with van der Waals surface area (Å²) in [7, 11) is 0. The van der Waals surface area contributed by atoms with Crippen molar-refractivity contribution in [1.82, 2.24) is 10.6 Å².